The molecule has 1 aromatic carbocycles. The van der Waals surface area contributed by atoms with Gasteiger partial charge in [0.25, 0.3) is 5.56 Å². The van der Waals surface area contributed by atoms with Crippen molar-refractivity contribution in [2.75, 3.05) is 0 Å². The van der Waals surface area contributed by atoms with Crippen molar-refractivity contribution >= 4 is 5.70 Å². The van der Waals surface area contributed by atoms with Gasteiger partial charge in [-0.25, -0.2) is 4.68 Å². The molecule has 0 saturated carbocycles. The van der Waals surface area contributed by atoms with Crippen LogP contribution in [0.2, 0.25) is 0 Å². The molecule has 3 nitrogen and oxygen atoms in total. The largest absolute Gasteiger partial charge is 0.285 e. The van der Waals surface area contributed by atoms with Crippen LogP contribution in [-0.2, 0) is 7.05 Å². The third-order valence-corrected chi connectivity index (χ3v) is 2.92. The minimum Gasteiger partial charge on any atom is -0.285 e. The summed E-state index contributed by atoms with van der Waals surface area (Å²) in [5, 5.41) is 0. The Bertz CT molecular complexity index is 603. The molecular weight excluding hydrogens is 212 g/mol. The van der Waals surface area contributed by atoms with Crippen LogP contribution < -0.4 is 5.56 Å². The predicted octanol–water partition coefficient (Wildman–Crippen LogP) is 2.40. The molecule has 0 unspecified atom stereocenters. The van der Waals surface area contributed by atoms with Crippen molar-refractivity contribution in [2.45, 2.75) is 13.8 Å². The lowest BCUT2D eigenvalue weighted by Crippen LogP contribution is -2.21. The molecule has 0 fully saturated rings. The summed E-state index contributed by atoms with van der Waals surface area (Å²) in [5.74, 6) is 0. The van der Waals surface area contributed by atoms with Crippen LogP contribution >= 0.6 is 0 Å². The summed E-state index contributed by atoms with van der Waals surface area (Å²) >= 11 is 0. The highest BCUT2D eigenvalue weighted by molar-refractivity contribution is 5.64. The van der Waals surface area contributed by atoms with E-state index in [9.17, 15) is 4.79 Å². The highest BCUT2D eigenvalue weighted by atomic mass is 16.1. The second-order valence-corrected chi connectivity index (χ2v) is 4.00. The van der Waals surface area contributed by atoms with Gasteiger partial charge in [0.2, 0.25) is 0 Å². The van der Waals surface area contributed by atoms with E-state index in [-0.39, 0.29) is 5.56 Å². The van der Waals surface area contributed by atoms with Crippen LogP contribution in [0, 0.1) is 6.92 Å². The summed E-state index contributed by atoms with van der Waals surface area (Å²) < 4.78 is 3.55. The normalized spacial score (nSPS) is 11.8. The molecule has 0 N–H and O–H groups in total. The maximum atomic E-state index is 11.9. The van der Waals surface area contributed by atoms with Crippen LogP contribution in [-0.4, -0.2) is 9.36 Å². The molecule has 1 aromatic heterocycles. The van der Waals surface area contributed by atoms with Gasteiger partial charge in [-0.2, -0.15) is 0 Å². The molecule has 0 atom stereocenters. The minimum absolute atomic E-state index is 0.00181. The second kappa shape index (κ2) is 4.45. The Labute approximate surface area is 101 Å². The number of hydrogen-bond acceptors (Lipinski definition) is 1. The van der Waals surface area contributed by atoms with E-state index in [2.05, 4.69) is 0 Å². The number of hydrogen-bond donors (Lipinski definition) is 0. The molecular formula is C14H16N2O. The topological polar surface area (TPSA) is 26.9 Å². The first-order chi connectivity index (χ1) is 8.15. The van der Waals surface area contributed by atoms with Crippen LogP contribution in [0.5, 0.6) is 0 Å². The lowest BCUT2D eigenvalue weighted by atomic mass is 10.1. The number of aromatic nitrogens is 2. The van der Waals surface area contributed by atoms with E-state index in [1.807, 2.05) is 62.0 Å². The second-order valence-electron chi connectivity index (χ2n) is 4.00. The SMILES string of the molecule is C/C=C(/c1ccccc1)n1c(=O)cc(C)n1C. The van der Waals surface area contributed by atoms with Crippen molar-refractivity contribution in [3.63, 3.8) is 0 Å². The van der Waals surface area contributed by atoms with Gasteiger partial charge in [0.05, 0.1) is 5.70 Å². The summed E-state index contributed by atoms with van der Waals surface area (Å²) in [7, 11) is 1.89. The first-order valence-electron chi connectivity index (χ1n) is 5.63. The van der Waals surface area contributed by atoms with Gasteiger partial charge in [0, 0.05) is 18.8 Å². The number of rotatable bonds is 2. The third kappa shape index (κ3) is 1.96. The van der Waals surface area contributed by atoms with Gasteiger partial charge in [0.15, 0.2) is 0 Å². The van der Waals surface area contributed by atoms with E-state index >= 15 is 0 Å². The monoisotopic (exact) mass is 228 g/mol. The molecule has 0 aliphatic rings. The van der Waals surface area contributed by atoms with Crippen molar-refractivity contribution in [3.05, 3.63) is 64.1 Å². The van der Waals surface area contributed by atoms with Crippen LogP contribution in [0.15, 0.2) is 47.3 Å². The summed E-state index contributed by atoms with van der Waals surface area (Å²) in [6, 6.07) is 11.6. The summed E-state index contributed by atoms with van der Waals surface area (Å²) in [6.07, 6.45) is 1.95. The predicted molar refractivity (Wildman–Crippen MR) is 69.9 cm³/mol. The van der Waals surface area contributed by atoms with Crippen molar-refractivity contribution in [1.29, 1.82) is 0 Å². The maximum absolute atomic E-state index is 11.9. The molecule has 0 amide bonds. The van der Waals surface area contributed by atoms with E-state index in [4.69, 9.17) is 0 Å². The zero-order chi connectivity index (χ0) is 12.4. The van der Waals surface area contributed by atoms with Crippen LogP contribution in [0.1, 0.15) is 18.2 Å². The van der Waals surface area contributed by atoms with Crippen molar-refractivity contribution in [1.82, 2.24) is 9.36 Å². The zero-order valence-corrected chi connectivity index (χ0v) is 10.3. The van der Waals surface area contributed by atoms with Crippen LogP contribution in [0.25, 0.3) is 5.70 Å². The van der Waals surface area contributed by atoms with E-state index in [1.165, 1.54) is 0 Å². The van der Waals surface area contributed by atoms with E-state index in [0.29, 0.717) is 0 Å². The zero-order valence-electron chi connectivity index (χ0n) is 10.3. The first-order valence-corrected chi connectivity index (χ1v) is 5.63. The van der Waals surface area contributed by atoms with Crippen molar-refractivity contribution < 1.29 is 0 Å². The Hall–Kier alpha value is -2.03. The summed E-state index contributed by atoms with van der Waals surface area (Å²) in [4.78, 5) is 11.9. The molecule has 0 spiro atoms. The van der Waals surface area contributed by atoms with Crippen molar-refractivity contribution in [3.8, 4) is 0 Å². The van der Waals surface area contributed by atoms with Crippen LogP contribution in [0.4, 0.5) is 0 Å². The smallest absolute Gasteiger partial charge is 0.271 e. The molecule has 88 valence electrons. The Morgan fingerprint density at radius 3 is 2.35 bits per heavy atom. The Morgan fingerprint density at radius 1 is 1.24 bits per heavy atom. The number of nitrogens with zero attached hydrogens (tertiary/aromatic N) is 2. The number of allylic oxidation sites excluding steroid dienone is 1. The molecule has 2 rings (SSSR count). The molecule has 3 heteroatoms. The quantitative estimate of drug-likeness (QED) is 0.775. The minimum atomic E-state index is 0.00181. The molecule has 2 aromatic rings. The average Bonchev–Trinajstić information content (AvgIpc) is 2.58. The van der Waals surface area contributed by atoms with Gasteiger partial charge in [-0.15, -0.1) is 0 Å². The van der Waals surface area contributed by atoms with Gasteiger partial charge in [-0.05, 0) is 19.4 Å². The van der Waals surface area contributed by atoms with Gasteiger partial charge >= 0.3 is 0 Å². The Kier molecular flexibility index (Phi) is 3.00. The van der Waals surface area contributed by atoms with Gasteiger partial charge in [-0.3, -0.25) is 9.48 Å². The number of aryl methyl sites for hydroxylation is 1. The lowest BCUT2D eigenvalue weighted by Gasteiger charge is -2.12. The molecule has 0 radical (unpaired) electrons. The van der Waals surface area contributed by atoms with Crippen LogP contribution in [0.3, 0.4) is 0 Å². The third-order valence-electron chi connectivity index (χ3n) is 2.92. The fraction of sp³-hybridized carbons (Fsp3) is 0.214. The molecule has 0 aliphatic carbocycles. The molecule has 17 heavy (non-hydrogen) atoms. The molecule has 1 heterocycles. The Balaban J connectivity index is 2.63. The Morgan fingerprint density at radius 2 is 1.88 bits per heavy atom. The summed E-state index contributed by atoms with van der Waals surface area (Å²) in [5.41, 5.74) is 2.90. The van der Waals surface area contributed by atoms with Crippen molar-refractivity contribution in [2.24, 2.45) is 7.05 Å². The molecule has 0 saturated heterocycles. The lowest BCUT2D eigenvalue weighted by molar-refractivity contribution is 0.641. The van der Waals surface area contributed by atoms with Gasteiger partial charge in [-0.1, -0.05) is 36.4 Å². The maximum Gasteiger partial charge on any atom is 0.271 e. The highest BCUT2D eigenvalue weighted by Gasteiger charge is 2.10. The average molecular weight is 228 g/mol. The molecule has 0 bridgehead atoms. The fourth-order valence-electron chi connectivity index (χ4n) is 1.94. The summed E-state index contributed by atoms with van der Waals surface area (Å²) in [6.45, 7) is 3.87. The van der Waals surface area contributed by atoms with E-state index in [1.54, 1.807) is 10.7 Å². The molecule has 0 aliphatic heterocycles. The first kappa shape index (κ1) is 11.5. The van der Waals surface area contributed by atoms with E-state index < -0.39 is 0 Å². The van der Waals surface area contributed by atoms with E-state index in [0.717, 1.165) is 17.0 Å². The number of benzene rings is 1. The van der Waals surface area contributed by atoms with Gasteiger partial charge < -0.3 is 0 Å². The fourth-order valence-corrected chi connectivity index (χ4v) is 1.94. The standard InChI is InChI=1S/C14H16N2O/c1-4-13(12-8-6-5-7-9-12)16-14(17)10-11(2)15(16)3/h4-10H,1-3H3/b13-4-. The highest BCUT2D eigenvalue weighted by Crippen LogP contribution is 2.15. The van der Waals surface area contributed by atoms with Gasteiger partial charge in [0.1, 0.15) is 0 Å².